The van der Waals surface area contributed by atoms with Gasteiger partial charge in [0, 0.05) is 43.2 Å². The highest BCUT2D eigenvalue weighted by molar-refractivity contribution is 5.84. The van der Waals surface area contributed by atoms with Crippen LogP contribution in [0.2, 0.25) is 0 Å². The van der Waals surface area contributed by atoms with Gasteiger partial charge in [0.15, 0.2) is 5.82 Å². The quantitative estimate of drug-likeness (QED) is 0.741. The number of H-pyrrole nitrogens is 1. The van der Waals surface area contributed by atoms with Gasteiger partial charge >= 0.3 is 0 Å². The van der Waals surface area contributed by atoms with Gasteiger partial charge in [-0.3, -0.25) is 9.69 Å². The van der Waals surface area contributed by atoms with Crippen LogP contribution in [0, 0.1) is 0 Å². The molecule has 0 unspecified atom stereocenters. The summed E-state index contributed by atoms with van der Waals surface area (Å²) in [4.78, 5) is 20.8. The molecule has 29 heavy (non-hydrogen) atoms. The third kappa shape index (κ3) is 3.44. The van der Waals surface area contributed by atoms with Crippen molar-refractivity contribution < 1.29 is 4.79 Å². The second-order valence-corrected chi connectivity index (χ2v) is 8.32. The number of hydrogen-bond donors (Lipinski definition) is 1. The molecule has 4 heterocycles. The van der Waals surface area contributed by atoms with Crippen molar-refractivity contribution >= 4 is 16.8 Å². The van der Waals surface area contributed by atoms with Crippen LogP contribution in [0.15, 0.2) is 30.5 Å². The maximum absolute atomic E-state index is 13.2. The molecule has 1 fully saturated rings. The highest BCUT2D eigenvalue weighted by Gasteiger charge is 2.33. The molecule has 1 atom stereocenters. The van der Waals surface area contributed by atoms with Crippen LogP contribution in [0.25, 0.3) is 10.9 Å². The molecule has 0 aliphatic carbocycles. The maximum atomic E-state index is 13.2. The zero-order valence-corrected chi connectivity index (χ0v) is 17.0. The molecule has 1 N–H and O–H groups in total. The van der Waals surface area contributed by atoms with Crippen molar-refractivity contribution in [2.24, 2.45) is 0 Å². The molecule has 7 nitrogen and oxygen atoms in total. The molecule has 2 aliphatic rings. The van der Waals surface area contributed by atoms with E-state index < -0.39 is 0 Å². The van der Waals surface area contributed by atoms with E-state index in [9.17, 15) is 4.79 Å². The van der Waals surface area contributed by atoms with E-state index >= 15 is 0 Å². The first-order valence-corrected chi connectivity index (χ1v) is 10.7. The van der Waals surface area contributed by atoms with Gasteiger partial charge in [-0.05, 0) is 44.4 Å². The summed E-state index contributed by atoms with van der Waals surface area (Å²) in [6.45, 7) is 3.55. The van der Waals surface area contributed by atoms with Gasteiger partial charge in [0.05, 0.1) is 12.6 Å². The van der Waals surface area contributed by atoms with Gasteiger partial charge in [-0.25, -0.2) is 0 Å². The van der Waals surface area contributed by atoms with Crippen molar-refractivity contribution in [2.75, 3.05) is 20.1 Å². The van der Waals surface area contributed by atoms with Crippen LogP contribution >= 0.6 is 0 Å². The Bertz CT molecular complexity index is 1020. The molecule has 2 aliphatic heterocycles. The van der Waals surface area contributed by atoms with Crippen LogP contribution in [0.3, 0.4) is 0 Å². The lowest BCUT2D eigenvalue weighted by atomic mass is 9.99. The van der Waals surface area contributed by atoms with Gasteiger partial charge in [0.1, 0.15) is 5.82 Å². The third-order valence-corrected chi connectivity index (χ3v) is 6.38. The van der Waals surface area contributed by atoms with Crippen LogP contribution in [-0.2, 0) is 24.3 Å². The predicted octanol–water partition coefficient (Wildman–Crippen LogP) is 2.89. The van der Waals surface area contributed by atoms with E-state index in [1.54, 1.807) is 0 Å². The lowest BCUT2D eigenvalue weighted by Gasteiger charge is -2.36. The van der Waals surface area contributed by atoms with Gasteiger partial charge < -0.3 is 14.5 Å². The number of nitrogens with zero attached hydrogens (tertiary/aromatic N) is 5. The van der Waals surface area contributed by atoms with Crippen molar-refractivity contribution in [3.05, 3.63) is 47.7 Å². The average molecular weight is 393 g/mol. The Hall–Kier alpha value is -2.67. The number of fused-ring (bicyclic) bond motifs is 2. The van der Waals surface area contributed by atoms with Crippen molar-refractivity contribution in [1.82, 2.24) is 29.5 Å². The zero-order valence-electron chi connectivity index (χ0n) is 17.0. The van der Waals surface area contributed by atoms with Crippen LogP contribution in [0.4, 0.5) is 0 Å². The number of likely N-dealkylation sites (N-methyl/N-ethyl adjacent to an activating group) is 1. The van der Waals surface area contributed by atoms with Crippen LogP contribution < -0.4 is 0 Å². The van der Waals surface area contributed by atoms with E-state index in [-0.39, 0.29) is 11.9 Å². The predicted molar refractivity (Wildman–Crippen MR) is 111 cm³/mol. The fraction of sp³-hybridized carbons (Fsp3) is 0.500. The zero-order chi connectivity index (χ0) is 19.8. The molecular formula is C22H28N6O. The molecule has 7 heteroatoms. The Balaban J connectivity index is 1.33. The van der Waals surface area contributed by atoms with Crippen LogP contribution in [0.5, 0.6) is 0 Å². The molecule has 0 spiro atoms. The van der Waals surface area contributed by atoms with Crippen molar-refractivity contribution in [3.63, 3.8) is 0 Å². The summed E-state index contributed by atoms with van der Waals surface area (Å²) < 4.78 is 2.25. The number of aromatic nitrogens is 4. The summed E-state index contributed by atoms with van der Waals surface area (Å²) in [5.74, 6) is 2.23. The molecule has 5 rings (SSSR count). The highest BCUT2D eigenvalue weighted by atomic mass is 16.2. The standard InChI is InChI=1S/C22H28N6O/c1-26-12-13-28-20(15-26)24-25-22(28)19-8-4-5-11-27(19)21(29)10-9-16-14-23-18-7-3-2-6-17(16)18/h2-3,6-7,14,19,23H,4-5,8-13,15H2,1H3/t19-/m0/s1. The fourth-order valence-electron chi connectivity index (χ4n) is 4.77. The number of nitrogens with one attached hydrogen (secondary N) is 1. The average Bonchev–Trinajstić information content (AvgIpc) is 3.35. The SMILES string of the molecule is CN1CCn2c(nnc2[C@@H]2CCCCN2C(=O)CCc2c[nH]c3ccccc23)C1. The largest absolute Gasteiger partial charge is 0.361 e. The Morgan fingerprint density at radius 2 is 2.07 bits per heavy atom. The summed E-state index contributed by atoms with van der Waals surface area (Å²) >= 11 is 0. The fourth-order valence-corrected chi connectivity index (χ4v) is 4.77. The minimum atomic E-state index is 0.0591. The molecular weight excluding hydrogens is 364 g/mol. The molecule has 3 aromatic rings. The summed E-state index contributed by atoms with van der Waals surface area (Å²) in [7, 11) is 2.11. The number of piperidine rings is 1. The summed E-state index contributed by atoms with van der Waals surface area (Å²) in [6, 6.07) is 8.34. The molecule has 1 saturated heterocycles. The second-order valence-electron chi connectivity index (χ2n) is 8.32. The Labute approximate surface area is 170 Å². The molecule has 0 bridgehead atoms. The minimum Gasteiger partial charge on any atom is -0.361 e. The highest BCUT2D eigenvalue weighted by Crippen LogP contribution is 2.32. The van der Waals surface area contributed by atoms with Crippen LogP contribution in [-0.4, -0.2) is 55.6 Å². The van der Waals surface area contributed by atoms with E-state index in [4.69, 9.17) is 0 Å². The smallest absolute Gasteiger partial charge is 0.223 e. The first kappa shape index (κ1) is 18.4. The van der Waals surface area contributed by atoms with E-state index in [1.807, 2.05) is 18.3 Å². The lowest BCUT2D eigenvalue weighted by molar-refractivity contribution is -0.135. The minimum absolute atomic E-state index is 0.0591. The number of carbonyl (C=O) groups is 1. The number of amides is 1. The Morgan fingerprint density at radius 1 is 1.17 bits per heavy atom. The molecule has 1 aromatic carbocycles. The first-order valence-electron chi connectivity index (χ1n) is 10.7. The van der Waals surface area contributed by atoms with Gasteiger partial charge in [0.2, 0.25) is 5.91 Å². The Kier molecular flexibility index (Phi) is 4.83. The molecule has 2 aromatic heterocycles. The van der Waals surface area contributed by atoms with Crippen molar-refractivity contribution in [1.29, 1.82) is 0 Å². The van der Waals surface area contributed by atoms with Gasteiger partial charge in [-0.2, -0.15) is 0 Å². The van der Waals surface area contributed by atoms with Gasteiger partial charge in [-0.1, -0.05) is 18.2 Å². The van der Waals surface area contributed by atoms with Crippen LogP contribution in [0.1, 0.15) is 48.9 Å². The second kappa shape index (κ2) is 7.63. The Morgan fingerprint density at radius 3 is 3.00 bits per heavy atom. The summed E-state index contributed by atoms with van der Waals surface area (Å²) in [6.07, 6.45) is 6.51. The number of aromatic amines is 1. The molecule has 152 valence electrons. The van der Waals surface area contributed by atoms with Crippen molar-refractivity contribution in [3.8, 4) is 0 Å². The first-order chi connectivity index (χ1) is 14.2. The van der Waals surface area contributed by atoms with E-state index in [0.717, 1.165) is 69.0 Å². The van der Waals surface area contributed by atoms with E-state index in [0.29, 0.717) is 6.42 Å². The number of benzene rings is 1. The van der Waals surface area contributed by atoms with Gasteiger partial charge in [0.25, 0.3) is 0 Å². The third-order valence-electron chi connectivity index (χ3n) is 6.38. The van der Waals surface area contributed by atoms with E-state index in [2.05, 4.69) is 48.7 Å². The number of likely N-dealkylation sites (tertiary alicyclic amines) is 1. The lowest BCUT2D eigenvalue weighted by Crippen LogP contribution is -2.40. The number of carbonyl (C=O) groups excluding carboxylic acids is 1. The van der Waals surface area contributed by atoms with Gasteiger partial charge in [-0.15, -0.1) is 10.2 Å². The maximum Gasteiger partial charge on any atom is 0.223 e. The number of rotatable bonds is 4. The summed E-state index contributed by atoms with van der Waals surface area (Å²) in [5, 5.41) is 10.2. The summed E-state index contributed by atoms with van der Waals surface area (Å²) in [5.41, 5.74) is 2.34. The molecule has 0 radical (unpaired) electrons. The van der Waals surface area contributed by atoms with E-state index in [1.165, 1.54) is 10.9 Å². The topological polar surface area (TPSA) is 70.1 Å². The number of aryl methyl sites for hydroxylation is 1. The van der Waals surface area contributed by atoms with Crippen molar-refractivity contribution in [2.45, 2.75) is 51.2 Å². The monoisotopic (exact) mass is 392 g/mol. The normalized spacial score (nSPS) is 20.2. The number of hydrogen-bond acceptors (Lipinski definition) is 4. The molecule has 1 amide bonds. The molecule has 0 saturated carbocycles. The number of para-hydroxylation sites is 1.